The van der Waals surface area contributed by atoms with E-state index in [1.807, 2.05) is 6.20 Å². The van der Waals surface area contributed by atoms with E-state index in [0.29, 0.717) is 0 Å². The fraction of sp³-hybridized carbons (Fsp3) is 0.750. The zero-order valence-electron chi connectivity index (χ0n) is 10.5. The number of piperazine rings is 1. The minimum atomic E-state index is 0.252. The quantitative estimate of drug-likeness (QED) is 0.824. The molecule has 1 aliphatic heterocycles. The molecular formula is C12H22N4. The van der Waals surface area contributed by atoms with Gasteiger partial charge in [0.15, 0.2) is 0 Å². The summed E-state index contributed by atoms with van der Waals surface area (Å²) in [5.41, 5.74) is 0.252. The van der Waals surface area contributed by atoms with E-state index in [0.717, 1.165) is 38.5 Å². The lowest BCUT2D eigenvalue weighted by atomic mass is 10.0. The molecule has 0 spiro atoms. The normalized spacial score (nSPS) is 21.2. The molecule has 0 bridgehead atoms. The summed E-state index contributed by atoms with van der Waals surface area (Å²) in [7, 11) is 0. The van der Waals surface area contributed by atoms with Crippen LogP contribution < -0.4 is 5.32 Å². The fourth-order valence-electron chi connectivity index (χ4n) is 2.33. The van der Waals surface area contributed by atoms with Crippen molar-refractivity contribution in [2.24, 2.45) is 0 Å². The molecule has 0 amide bonds. The van der Waals surface area contributed by atoms with Gasteiger partial charge < -0.3 is 9.88 Å². The van der Waals surface area contributed by atoms with Gasteiger partial charge in [0, 0.05) is 50.7 Å². The van der Waals surface area contributed by atoms with Crippen LogP contribution in [0.15, 0.2) is 12.4 Å². The first-order valence-corrected chi connectivity index (χ1v) is 6.02. The van der Waals surface area contributed by atoms with Gasteiger partial charge in [-0.2, -0.15) is 0 Å². The molecule has 4 nitrogen and oxygen atoms in total. The molecule has 16 heavy (non-hydrogen) atoms. The standard InChI is InChI=1S/C12H22N4/c1-11-13-4-7-16(11)9-8-15-6-5-14-12(2,3)10-15/h4,7,14H,5-6,8-10H2,1-3H3. The van der Waals surface area contributed by atoms with Gasteiger partial charge in [0.05, 0.1) is 0 Å². The maximum absolute atomic E-state index is 4.24. The van der Waals surface area contributed by atoms with Crippen LogP contribution in [-0.2, 0) is 6.54 Å². The van der Waals surface area contributed by atoms with E-state index in [1.54, 1.807) is 0 Å². The highest BCUT2D eigenvalue weighted by Crippen LogP contribution is 2.10. The van der Waals surface area contributed by atoms with Crippen molar-refractivity contribution < 1.29 is 0 Å². The van der Waals surface area contributed by atoms with Crippen molar-refractivity contribution in [3.8, 4) is 0 Å². The topological polar surface area (TPSA) is 33.1 Å². The van der Waals surface area contributed by atoms with Crippen molar-refractivity contribution in [3.63, 3.8) is 0 Å². The Morgan fingerprint density at radius 2 is 2.25 bits per heavy atom. The molecule has 0 atom stereocenters. The van der Waals surface area contributed by atoms with E-state index in [2.05, 4.69) is 46.7 Å². The molecule has 4 heteroatoms. The molecular weight excluding hydrogens is 200 g/mol. The van der Waals surface area contributed by atoms with Crippen LogP contribution in [0.3, 0.4) is 0 Å². The van der Waals surface area contributed by atoms with Gasteiger partial charge in [0.25, 0.3) is 0 Å². The Balaban J connectivity index is 1.84. The Bertz CT molecular complexity index is 343. The molecule has 1 aromatic rings. The number of aryl methyl sites for hydroxylation is 1. The number of nitrogens with one attached hydrogen (secondary N) is 1. The van der Waals surface area contributed by atoms with Crippen molar-refractivity contribution >= 4 is 0 Å². The van der Waals surface area contributed by atoms with Crippen LogP contribution in [0.25, 0.3) is 0 Å². The SMILES string of the molecule is Cc1nccn1CCN1CCNC(C)(C)C1. The van der Waals surface area contributed by atoms with E-state index in [1.165, 1.54) is 0 Å². The van der Waals surface area contributed by atoms with Crippen molar-refractivity contribution in [2.75, 3.05) is 26.2 Å². The van der Waals surface area contributed by atoms with Crippen LogP contribution in [0.5, 0.6) is 0 Å². The second kappa shape index (κ2) is 4.55. The minimum absolute atomic E-state index is 0.252. The molecule has 1 aliphatic rings. The lowest BCUT2D eigenvalue weighted by Gasteiger charge is -2.39. The zero-order chi connectivity index (χ0) is 11.6. The summed E-state index contributed by atoms with van der Waals surface area (Å²) in [6, 6.07) is 0. The molecule has 2 heterocycles. The fourth-order valence-corrected chi connectivity index (χ4v) is 2.33. The molecule has 1 N–H and O–H groups in total. The lowest BCUT2D eigenvalue weighted by Crippen LogP contribution is -2.57. The van der Waals surface area contributed by atoms with Gasteiger partial charge in [-0.15, -0.1) is 0 Å². The van der Waals surface area contributed by atoms with Crippen LogP contribution in [0.2, 0.25) is 0 Å². The summed E-state index contributed by atoms with van der Waals surface area (Å²) in [4.78, 5) is 6.76. The number of hydrogen-bond donors (Lipinski definition) is 1. The Labute approximate surface area is 97.7 Å². The zero-order valence-corrected chi connectivity index (χ0v) is 10.5. The summed E-state index contributed by atoms with van der Waals surface area (Å²) in [5.74, 6) is 1.11. The van der Waals surface area contributed by atoms with Gasteiger partial charge in [0.2, 0.25) is 0 Å². The maximum Gasteiger partial charge on any atom is 0.105 e. The third-order valence-corrected chi connectivity index (χ3v) is 3.23. The van der Waals surface area contributed by atoms with E-state index >= 15 is 0 Å². The first-order chi connectivity index (χ1) is 7.57. The Hall–Kier alpha value is -0.870. The van der Waals surface area contributed by atoms with E-state index < -0.39 is 0 Å². The molecule has 0 saturated carbocycles. The predicted octanol–water partition coefficient (Wildman–Crippen LogP) is 0.875. The smallest absolute Gasteiger partial charge is 0.105 e. The second-order valence-electron chi connectivity index (χ2n) is 5.25. The summed E-state index contributed by atoms with van der Waals surface area (Å²) in [6.45, 7) is 12.1. The number of hydrogen-bond acceptors (Lipinski definition) is 3. The van der Waals surface area contributed by atoms with E-state index in [9.17, 15) is 0 Å². The van der Waals surface area contributed by atoms with Crippen molar-refractivity contribution in [3.05, 3.63) is 18.2 Å². The summed E-state index contributed by atoms with van der Waals surface area (Å²) in [5, 5.41) is 3.53. The Morgan fingerprint density at radius 3 is 2.88 bits per heavy atom. The number of aromatic nitrogens is 2. The number of rotatable bonds is 3. The number of nitrogens with zero attached hydrogens (tertiary/aromatic N) is 3. The molecule has 1 saturated heterocycles. The van der Waals surface area contributed by atoms with Crippen LogP contribution in [0.1, 0.15) is 19.7 Å². The molecule has 2 rings (SSSR count). The van der Waals surface area contributed by atoms with Crippen LogP contribution >= 0.6 is 0 Å². The Morgan fingerprint density at radius 1 is 1.44 bits per heavy atom. The molecule has 0 aromatic carbocycles. The molecule has 1 fully saturated rings. The molecule has 90 valence electrons. The van der Waals surface area contributed by atoms with Crippen LogP contribution in [-0.4, -0.2) is 46.2 Å². The molecule has 1 aromatic heterocycles. The summed E-state index contributed by atoms with van der Waals surface area (Å²) in [6.07, 6.45) is 3.93. The van der Waals surface area contributed by atoms with E-state index in [-0.39, 0.29) is 5.54 Å². The van der Waals surface area contributed by atoms with Gasteiger partial charge in [-0.25, -0.2) is 4.98 Å². The third-order valence-electron chi connectivity index (χ3n) is 3.23. The monoisotopic (exact) mass is 222 g/mol. The number of imidazole rings is 1. The first-order valence-electron chi connectivity index (χ1n) is 6.02. The van der Waals surface area contributed by atoms with Gasteiger partial charge >= 0.3 is 0 Å². The highest BCUT2D eigenvalue weighted by atomic mass is 15.2. The van der Waals surface area contributed by atoms with Crippen LogP contribution in [0, 0.1) is 6.92 Å². The van der Waals surface area contributed by atoms with Crippen molar-refractivity contribution in [1.29, 1.82) is 0 Å². The average molecular weight is 222 g/mol. The van der Waals surface area contributed by atoms with Crippen LogP contribution in [0.4, 0.5) is 0 Å². The van der Waals surface area contributed by atoms with Gasteiger partial charge in [0.1, 0.15) is 5.82 Å². The molecule has 0 unspecified atom stereocenters. The highest BCUT2D eigenvalue weighted by Gasteiger charge is 2.25. The Kier molecular flexibility index (Phi) is 3.30. The van der Waals surface area contributed by atoms with E-state index in [4.69, 9.17) is 0 Å². The largest absolute Gasteiger partial charge is 0.334 e. The average Bonchev–Trinajstić information content (AvgIpc) is 2.60. The predicted molar refractivity (Wildman–Crippen MR) is 65.5 cm³/mol. The maximum atomic E-state index is 4.24. The second-order valence-corrected chi connectivity index (χ2v) is 5.25. The van der Waals surface area contributed by atoms with Gasteiger partial charge in [-0.05, 0) is 20.8 Å². The first kappa shape index (κ1) is 11.6. The van der Waals surface area contributed by atoms with Crippen molar-refractivity contribution in [1.82, 2.24) is 19.8 Å². The van der Waals surface area contributed by atoms with Gasteiger partial charge in [-0.3, -0.25) is 4.90 Å². The molecule has 0 radical (unpaired) electrons. The summed E-state index contributed by atoms with van der Waals surface area (Å²) >= 11 is 0. The van der Waals surface area contributed by atoms with Gasteiger partial charge in [-0.1, -0.05) is 0 Å². The van der Waals surface area contributed by atoms with Crippen molar-refractivity contribution in [2.45, 2.75) is 32.9 Å². The lowest BCUT2D eigenvalue weighted by molar-refractivity contribution is 0.150. The molecule has 0 aliphatic carbocycles. The summed E-state index contributed by atoms with van der Waals surface area (Å²) < 4.78 is 2.22. The third kappa shape index (κ3) is 2.83. The highest BCUT2D eigenvalue weighted by molar-refractivity contribution is 4.90. The minimum Gasteiger partial charge on any atom is -0.334 e.